The van der Waals surface area contributed by atoms with Crippen LogP contribution in [0.3, 0.4) is 0 Å². The summed E-state index contributed by atoms with van der Waals surface area (Å²) in [5, 5.41) is 10.0. The molecule has 0 aromatic heterocycles. The number of aliphatic hydroxyl groups is 1. The summed E-state index contributed by atoms with van der Waals surface area (Å²) in [6, 6.07) is 0.528. The molecule has 94 valence electrons. The van der Waals surface area contributed by atoms with Crippen LogP contribution in [0, 0.1) is 0 Å². The maximum Gasteiger partial charge on any atom is 0.0961 e. The Morgan fingerprint density at radius 1 is 1.56 bits per heavy atom. The van der Waals surface area contributed by atoms with Gasteiger partial charge in [0.05, 0.1) is 18.8 Å². The van der Waals surface area contributed by atoms with Gasteiger partial charge in [-0.3, -0.25) is 4.90 Å². The van der Waals surface area contributed by atoms with Gasteiger partial charge < -0.3 is 9.84 Å². The summed E-state index contributed by atoms with van der Waals surface area (Å²) in [4.78, 5) is 2.36. The van der Waals surface area contributed by atoms with Crippen molar-refractivity contribution >= 4 is 0 Å². The predicted octanol–water partition coefficient (Wildman–Crippen LogP) is 1.81. The van der Waals surface area contributed by atoms with Crippen molar-refractivity contribution in [2.75, 3.05) is 19.7 Å². The van der Waals surface area contributed by atoms with Crippen LogP contribution < -0.4 is 0 Å². The number of aliphatic hydroxyl groups excluding tert-OH is 1. The third kappa shape index (κ3) is 4.24. The van der Waals surface area contributed by atoms with Crippen molar-refractivity contribution in [3.05, 3.63) is 12.2 Å². The molecule has 0 saturated carbocycles. The van der Waals surface area contributed by atoms with Crippen LogP contribution in [0.25, 0.3) is 0 Å². The van der Waals surface area contributed by atoms with Crippen LogP contribution >= 0.6 is 0 Å². The Morgan fingerprint density at radius 3 is 2.81 bits per heavy atom. The first kappa shape index (κ1) is 13.7. The van der Waals surface area contributed by atoms with Crippen LogP contribution in [-0.2, 0) is 4.74 Å². The molecule has 1 saturated heterocycles. The standard InChI is InChI=1S/C13H25NO2/c1-10(2)5-6-12(15)13-9-14(11(3)4)7-8-16-13/h11-13,15H,1,5-9H2,2-4H3. The van der Waals surface area contributed by atoms with Crippen LogP contribution in [0.4, 0.5) is 0 Å². The molecule has 2 unspecified atom stereocenters. The second kappa shape index (κ2) is 6.38. The smallest absolute Gasteiger partial charge is 0.0961 e. The number of nitrogens with zero attached hydrogens (tertiary/aromatic N) is 1. The largest absolute Gasteiger partial charge is 0.390 e. The summed E-state index contributed by atoms with van der Waals surface area (Å²) in [5.74, 6) is 0. The molecule has 2 atom stereocenters. The number of hydrogen-bond acceptors (Lipinski definition) is 3. The van der Waals surface area contributed by atoms with Gasteiger partial charge in [-0.15, -0.1) is 6.58 Å². The fourth-order valence-electron chi connectivity index (χ4n) is 1.98. The fourth-order valence-corrected chi connectivity index (χ4v) is 1.98. The van der Waals surface area contributed by atoms with Crippen molar-refractivity contribution in [2.45, 2.75) is 51.9 Å². The molecular formula is C13H25NO2. The zero-order valence-electron chi connectivity index (χ0n) is 10.8. The first-order chi connectivity index (χ1) is 7.50. The number of allylic oxidation sites excluding steroid dienone is 1. The van der Waals surface area contributed by atoms with Crippen molar-refractivity contribution in [1.29, 1.82) is 0 Å². The van der Waals surface area contributed by atoms with E-state index < -0.39 is 0 Å². The van der Waals surface area contributed by atoms with E-state index in [4.69, 9.17) is 4.74 Å². The van der Waals surface area contributed by atoms with Crippen molar-refractivity contribution < 1.29 is 9.84 Å². The first-order valence-electron chi connectivity index (χ1n) is 6.18. The van der Waals surface area contributed by atoms with E-state index in [0.717, 1.165) is 38.1 Å². The van der Waals surface area contributed by atoms with E-state index in [-0.39, 0.29) is 12.2 Å². The van der Waals surface area contributed by atoms with E-state index in [9.17, 15) is 5.11 Å². The van der Waals surface area contributed by atoms with Crippen molar-refractivity contribution in [3.63, 3.8) is 0 Å². The highest BCUT2D eigenvalue weighted by molar-refractivity contribution is 4.90. The molecule has 0 aliphatic carbocycles. The summed E-state index contributed by atoms with van der Waals surface area (Å²) in [6.07, 6.45) is 1.24. The quantitative estimate of drug-likeness (QED) is 0.727. The molecule has 3 heteroatoms. The maximum atomic E-state index is 10.0. The lowest BCUT2D eigenvalue weighted by atomic mass is 10.0. The topological polar surface area (TPSA) is 32.7 Å². The minimum atomic E-state index is -0.363. The normalized spacial score (nSPS) is 24.7. The Hall–Kier alpha value is -0.380. The van der Waals surface area contributed by atoms with E-state index in [2.05, 4.69) is 25.3 Å². The molecule has 0 radical (unpaired) electrons. The number of hydrogen-bond donors (Lipinski definition) is 1. The molecule has 1 rings (SSSR count). The van der Waals surface area contributed by atoms with Crippen molar-refractivity contribution in [1.82, 2.24) is 4.90 Å². The Morgan fingerprint density at radius 2 is 2.25 bits per heavy atom. The highest BCUT2D eigenvalue weighted by atomic mass is 16.5. The molecule has 0 aromatic carbocycles. The Balaban J connectivity index is 2.37. The highest BCUT2D eigenvalue weighted by Gasteiger charge is 2.27. The van der Waals surface area contributed by atoms with Gasteiger partial charge in [0, 0.05) is 19.1 Å². The van der Waals surface area contributed by atoms with Crippen LogP contribution in [0.15, 0.2) is 12.2 Å². The van der Waals surface area contributed by atoms with E-state index in [1.807, 2.05) is 6.92 Å². The molecule has 1 N–H and O–H groups in total. The Kier molecular flexibility index (Phi) is 5.46. The first-order valence-corrected chi connectivity index (χ1v) is 6.18. The molecule has 0 bridgehead atoms. The van der Waals surface area contributed by atoms with E-state index in [0.29, 0.717) is 6.04 Å². The maximum absolute atomic E-state index is 10.0. The van der Waals surface area contributed by atoms with Crippen LogP contribution in [0.5, 0.6) is 0 Å². The third-order valence-electron chi connectivity index (χ3n) is 3.15. The van der Waals surface area contributed by atoms with E-state index in [1.54, 1.807) is 0 Å². The van der Waals surface area contributed by atoms with Crippen LogP contribution in [0.2, 0.25) is 0 Å². The molecule has 1 aliphatic rings. The number of rotatable bonds is 5. The molecule has 1 fully saturated rings. The minimum Gasteiger partial charge on any atom is -0.390 e. The number of ether oxygens (including phenoxy) is 1. The lowest BCUT2D eigenvalue weighted by Gasteiger charge is -2.37. The van der Waals surface area contributed by atoms with Gasteiger partial charge in [0.15, 0.2) is 0 Å². The highest BCUT2D eigenvalue weighted by Crippen LogP contribution is 2.16. The summed E-state index contributed by atoms with van der Waals surface area (Å²) < 4.78 is 5.63. The summed E-state index contributed by atoms with van der Waals surface area (Å²) in [5.41, 5.74) is 1.12. The molecule has 1 aliphatic heterocycles. The molecule has 3 nitrogen and oxygen atoms in total. The summed E-state index contributed by atoms with van der Waals surface area (Å²) in [6.45, 7) is 12.8. The van der Waals surface area contributed by atoms with E-state index in [1.165, 1.54) is 0 Å². The molecule has 0 amide bonds. The Bertz CT molecular complexity index is 228. The third-order valence-corrected chi connectivity index (χ3v) is 3.15. The van der Waals surface area contributed by atoms with Gasteiger partial charge in [-0.25, -0.2) is 0 Å². The zero-order valence-corrected chi connectivity index (χ0v) is 10.8. The zero-order chi connectivity index (χ0) is 12.1. The molecule has 0 spiro atoms. The van der Waals surface area contributed by atoms with Crippen molar-refractivity contribution in [2.24, 2.45) is 0 Å². The molecule has 16 heavy (non-hydrogen) atoms. The second-order valence-electron chi connectivity index (χ2n) is 5.06. The van der Waals surface area contributed by atoms with Gasteiger partial charge in [-0.2, -0.15) is 0 Å². The lowest BCUT2D eigenvalue weighted by Crippen LogP contribution is -2.50. The molecule has 0 aromatic rings. The summed E-state index contributed by atoms with van der Waals surface area (Å²) in [7, 11) is 0. The van der Waals surface area contributed by atoms with Gasteiger partial charge in [-0.1, -0.05) is 5.57 Å². The molecule has 1 heterocycles. The van der Waals surface area contributed by atoms with Crippen molar-refractivity contribution in [3.8, 4) is 0 Å². The minimum absolute atomic E-state index is 0.0319. The van der Waals surface area contributed by atoms with Gasteiger partial charge in [0.25, 0.3) is 0 Å². The van der Waals surface area contributed by atoms with Gasteiger partial charge in [0.1, 0.15) is 0 Å². The van der Waals surface area contributed by atoms with Gasteiger partial charge in [-0.05, 0) is 33.6 Å². The average molecular weight is 227 g/mol. The van der Waals surface area contributed by atoms with Crippen LogP contribution in [-0.4, -0.2) is 48.0 Å². The van der Waals surface area contributed by atoms with E-state index >= 15 is 0 Å². The molecular weight excluding hydrogens is 202 g/mol. The SMILES string of the molecule is C=C(C)CCC(O)C1CN(C(C)C)CCO1. The van der Waals surface area contributed by atoms with Gasteiger partial charge in [0.2, 0.25) is 0 Å². The predicted molar refractivity (Wildman–Crippen MR) is 66.5 cm³/mol. The van der Waals surface area contributed by atoms with Crippen LogP contribution in [0.1, 0.15) is 33.6 Å². The number of morpholine rings is 1. The fraction of sp³-hybridized carbons (Fsp3) is 0.846. The monoisotopic (exact) mass is 227 g/mol. The second-order valence-corrected chi connectivity index (χ2v) is 5.06. The Labute approximate surface area is 99.1 Å². The lowest BCUT2D eigenvalue weighted by molar-refractivity contribution is -0.0962. The average Bonchev–Trinajstić information content (AvgIpc) is 2.26. The summed E-state index contributed by atoms with van der Waals surface area (Å²) >= 11 is 0. The van der Waals surface area contributed by atoms with Gasteiger partial charge >= 0.3 is 0 Å².